The number of amides is 2. The molecule has 0 spiro atoms. The summed E-state index contributed by atoms with van der Waals surface area (Å²) in [6, 6.07) is -0.00210. The highest BCUT2D eigenvalue weighted by Crippen LogP contribution is 2.17. The largest absolute Gasteiger partial charge is 0.383 e. The van der Waals surface area contributed by atoms with Gasteiger partial charge in [0.05, 0.1) is 19.2 Å². The van der Waals surface area contributed by atoms with Gasteiger partial charge in [0.2, 0.25) is 11.8 Å². The van der Waals surface area contributed by atoms with Gasteiger partial charge in [-0.1, -0.05) is 19.3 Å². The van der Waals surface area contributed by atoms with E-state index in [2.05, 4.69) is 10.6 Å². The number of hydrogen-bond donors (Lipinski definition) is 2. The van der Waals surface area contributed by atoms with Crippen LogP contribution in [0.1, 0.15) is 39.0 Å². The molecule has 2 amide bonds. The smallest absolute Gasteiger partial charge is 0.237 e. The fraction of sp³-hybridized carbons (Fsp3) is 0.867. The standard InChI is InChI=1S/C15H29N3O3/c1-12(15(20)17-13-7-5-4-6-8-13)18(2)11-14(19)16-9-10-21-3/h12-13H,4-11H2,1-3H3,(H,16,19)(H,17,20)/t12-/m0/s1. The van der Waals surface area contributed by atoms with E-state index in [1.165, 1.54) is 19.3 Å². The van der Waals surface area contributed by atoms with Gasteiger partial charge in [0.1, 0.15) is 0 Å². The molecule has 0 aliphatic heterocycles. The summed E-state index contributed by atoms with van der Waals surface area (Å²) in [5.74, 6) is -0.0824. The van der Waals surface area contributed by atoms with Crippen LogP contribution < -0.4 is 10.6 Å². The molecule has 0 bridgehead atoms. The van der Waals surface area contributed by atoms with E-state index < -0.39 is 0 Å². The lowest BCUT2D eigenvalue weighted by atomic mass is 9.95. The highest BCUT2D eigenvalue weighted by molar-refractivity contribution is 5.83. The predicted octanol–water partition coefficient (Wildman–Crippen LogP) is 0.518. The first kappa shape index (κ1) is 17.9. The van der Waals surface area contributed by atoms with Crippen molar-refractivity contribution in [3.63, 3.8) is 0 Å². The van der Waals surface area contributed by atoms with Crippen molar-refractivity contribution in [2.45, 2.75) is 51.1 Å². The normalized spacial score (nSPS) is 17.5. The van der Waals surface area contributed by atoms with Crippen molar-refractivity contribution in [2.24, 2.45) is 0 Å². The van der Waals surface area contributed by atoms with E-state index >= 15 is 0 Å². The number of nitrogens with one attached hydrogen (secondary N) is 2. The van der Waals surface area contributed by atoms with Gasteiger partial charge in [-0.2, -0.15) is 0 Å². The molecule has 122 valence electrons. The van der Waals surface area contributed by atoms with Crippen LogP contribution in [0.3, 0.4) is 0 Å². The lowest BCUT2D eigenvalue weighted by Gasteiger charge is -2.28. The highest BCUT2D eigenvalue weighted by atomic mass is 16.5. The molecule has 0 radical (unpaired) electrons. The van der Waals surface area contributed by atoms with Gasteiger partial charge in [0, 0.05) is 19.7 Å². The molecule has 1 atom stereocenters. The quantitative estimate of drug-likeness (QED) is 0.641. The van der Waals surface area contributed by atoms with Crippen molar-refractivity contribution >= 4 is 11.8 Å². The molecular formula is C15H29N3O3. The third-order valence-electron chi connectivity index (χ3n) is 4.01. The van der Waals surface area contributed by atoms with Crippen LogP contribution in [-0.2, 0) is 14.3 Å². The minimum absolute atomic E-state index is 0.00842. The Labute approximate surface area is 127 Å². The third kappa shape index (κ3) is 6.91. The molecule has 0 aromatic carbocycles. The van der Waals surface area contributed by atoms with E-state index in [-0.39, 0.29) is 24.4 Å². The molecule has 0 aromatic heterocycles. The van der Waals surface area contributed by atoms with Crippen LogP contribution in [0.15, 0.2) is 0 Å². The Kier molecular flexibility index (Phi) is 8.30. The van der Waals surface area contributed by atoms with Gasteiger partial charge in [0.15, 0.2) is 0 Å². The Balaban J connectivity index is 2.29. The second-order valence-corrected chi connectivity index (χ2v) is 5.78. The maximum absolute atomic E-state index is 12.2. The molecule has 2 N–H and O–H groups in total. The number of nitrogens with zero attached hydrogens (tertiary/aromatic N) is 1. The fourth-order valence-electron chi connectivity index (χ4n) is 2.48. The lowest BCUT2D eigenvalue weighted by molar-refractivity contribution is -0.128. The van der Waals surface area contributed by atoms with Crippen molar-refractivity contribution in [1.29, 1.82) is 0 Å². The molecule has 1 fully saturated rings. The van der Waals surface area contributed by atoms with E-state index in [0.29, 0.717) is 19.2 Å². The minimum Gasteiger partial charge on any atom is -0.383 e. The molecule has 1 saturated carbocycles. The maximum Gasteiger partial charge on any atom is 0.237 e. The molecular weight excluding hydrogens is 270 g/mol. The minimum atomic E-state index is -0.305. The molecule has 0 heterocycles. The monoisotopic (exact) mass is 299 g/mol. The Hall–Kier alpha value is -1.14. The molecule has 0 saturated heterocycles. The van der Waals surface area contributed by atoms with Crippen LogP contribution in [0.25, 0.3) is 0 Å². The van der Waals surface area contributed by atoms with E-state index in [9.17, 15) is 9.59 Å². The van der Waals surface area contributed by atoms with Crippen LogP contribution in [0.4, 0.5) is 0 Å². The van der Waals surface area contributed by atoms with Crippen molar-refractivity contribution in [3.8, 4) is 0 Å². The van der Waals surface area contributed by atoms with Gasteiger partial charge in [-0.3, -0.25) is 14.5 Å². The summed E-state index contributed by atoms with van der Waals surface area (Å²) in [6.07, 6.45) is 5.79. The van der Waals surface area contributed by atoms with Gasteiger partial charge in [-0.25, -0.2) is 0 Å². The Bertz CT molecular complexity index is 330. The van der Waals surface area contributed by atoms with Crippen molar-refractivity contribution in [3.05, 3.63) is 0 Å². The van der Waals surface area contributed by atoms with Crippen LogP contribution >= 0.6 is 0 Å². The van der Waals surface area contributed by atoms with Gasteiger partial charge >= 0.3 is 0 Å². The highest BCUT2D eigenvalue weighted by Gasteiger charge is 2.23. The molecule has 0 unspecified atom stereocenters. The number of hydrogen-bond acceptors (Lipinski definition) is 4. The second kappa shape index (κ2) is 9.73. The van der Waals surface area contributed by atoms with Crippen LogP contribution in [0, 0.1) is 0 Å². The zero-order valence-corrected chi connectivity index (χ0v) is 13.5. The number of ether oxygens (including phenoxy) is 1. The van der Waals surface area contributed by atoms with Crippen molar-refractivity contribution < 1.29 is 14.3 Å². The molecule has 1 rings (SSSR count). The Morgan fingerprint density at radius 3 is 2.57 bits per heavy atom. The van der Waals surface area contributed by atoms with Crippen molar-refractivity contribution in [1.82, 2.24) is 15.5 Å². The van der Waals surface area contributed by atoms with E-state index in [0.717, 1.165) is 12.8 Å². The Morgan fingerprint density at radius 2 is 1.95 bits per heavy atom. The summed E-state index contributed by atoms with van der Waals surface area (Å²) in [5, 5.41) is 5.85. The zero-order chi connectivity index (χ0) is 15.7. The van der Waals surface area contributed by atoms with Gasteiger partial charge in [0.25, 0.3) is 0 Å². The first-order valence-corrected chi connectivity index (χ1v) is 7.81. The van der Waals surface area contributed by atoms with Gasteiger partial charge in [-0.05, 0) is 26.8 Å². The molecule has 0 aromatic rings. The molecule has 21 heavy (non-hydrogen) atoms. The predicted molar refractivity (Wildman–Crippen MR) is 82.0 cm³/mol. The van der Waals surface area contributed by atoms with Crippen LogP contribution in [-0.4, -0.2) is 62.7 Å². The summed E-state index contributed by atoms with van der Waals surface area (Å²) in [5.41, 5.74) is 0. The summed E-state index contributed by atoms with van der Waals surface area (Å²) in [7, 11) is 3.39. The zero-order valence-electron chi connectivity index (χ0n) is 13.5. The first-order chi connectivity index (χ1) is 10.0. The molecule has 1 aliphatic carbocycles. The molecule has 6 heteroatoms. The summed E-state index contributed by atoms with van der Waals surface area (Å²) >= 11 is 0. The summed E-state index contributed by atoms with van der Waals surface area (Å²) < 4.78 is 4.88. The van der Waals surface area contributed by atoms with Crippen molar-refractivity contribution in [2.75, 3.05) is 33.9 Å². The van der Waals surface area contributed by atoms with Gasteiger partial charge < -0.3 is 15.4 Å². The second-order valence-electron chi connectivity index (χ2n) is 5.78. The van der Waals surface area contributed by atoms with Crippen LogP contribution in [0.2, 0.25) is 0 Å². The number of likely N-dealkylation sites (N-methyl/N-ethyl adjacent to an activating group) is 1. The number of carbonyl (C=O) groups excluding carboxylic acids is 2. The topological polar surface area (TPSA) is 70.7 Å². The summed E-state index contributed by atoms with van der Waals surface area (Å²) in [4.78, 5) is 25.7. The van der Waals surface area contributed by atoms with Gasteiger partial charge in [-0.15, -0.1) is 0 Å². The van der Waals surface area contributed by atoms with E-state index in [1.54, 1.807) is 19.1 Å². The average molecular weight is 299 g/mol. The SMILES string of the molecule is COCCNC(=O)CN(C)[C@@H](C)C(=O)NC1CCCCC1. The third-order valence-corrected chi connectivity index (χ3v) is 4.01. The number of rotatable bonds is 8. The fourth-order valence-corrected chi connectivity index (χ4v) is 2.48. The van der Waals surface area contributed by atoms with Crippen LogP contribution in [0.5, 0.6) is 0 Å². The lowest BCUT2D eigenvalue weighted by Crippen LogP contribution is -2.49. The molecule has 1 aliphatic rings. The van der Waals surface area contributed by atoms with E-state index in [1.807, 2.05) is 6.92 Å². The number of carbonyl (C=O) groups is 2. The number of methoxy groups -OCH3 is 1. The van der Waals surface area contributed by atoms with E-state index in [4.69, 9.17) is 4.74 Å². The molecule has 6 nitrogen and oxygen atoms in total. The Morgan fingerprint density at radius 1 is 1.29 bits per heavy atom. The maximum atomic E-state index is 12.2. The summed E-state index contributed by atoms with van der Waals surface area (Å²) in [6.45, 7) is 3.03. The average Bonchev–Trinajstić information content (AvgIpc) is 2.47. The first-order valence-electron chi connectivity index (χ1n) is 7.81.